The summed E-state index contributed by atoms with van der Waals surface area (Å²) in [7, 11) is 0. The van der Waals surface area contributed by atoms with Crippen molar-refractivity contribution >= 4 is 33.5 Å². The molecule has 88 valence electrons. The lowest BCUT2D eigenvalue weighted by Crippen LogP contribution is -1.92. The van der Waals surface area contributed by atoms with Gasteiger partial charge in [-0.15, -0.1) is 0 Å². The summed E-state index contributed by atoms with van der Waals surface area (Å²) >= 11 is 2.14. The number of pyridine rings is 1. The van der Waals surface area contributed by atoms with Crippen molar-refractivity contribution in [3.63, 3.8) is 0 Å². The van der Waals surface area contributed by atoms with Gasteiger partial charge in [0.1, 0.15) is 12.1 Å². The molecule has 1 aromatic carbocycles. The standard InChI is InChI=1S/C13H8IN3O/c14-11-7-15-8-17-13(11)18-10-4-3-9-2-1-5-16-12(9)6-10/h1-8H. The van der Waals surface area contributed by atoms with Crippen LogP contribution in [0.4, 0.5) is 0 Å². The Labute approximate surface area is 117 Å². The third-order valence-corrected chi connectivity index (χ3v) is 3.17. The molecule has 0 amide bonds. The molecule has 3 aromatic rings. The minimum atomic E-state index is 0.556. The van der Waals surface area contributed by atoms with Gasteiger partial charge >= 0.3 is 0 Å². The number of fused-ring (bicyclic) bond motifs is 1. The second-order valence-electron chi connectivity index (χ2n) is 3.64. The van der Waals surface area contributed by atoms with Gasteiger partial charge in [-0.1, -0.05) is 6.07 Å². The molecule has 0 atom stereocenters. The molecule has 0 radical (unpaired) electrons. The van der Waals surface area contributed by atoms with Crippen molar-refractivity contribution in [2.24, 2.45) is 0 Å². The largest absolute Gasteiger partial charge is 0.438 e. The van der Waals surface area contributed by atoms with Gasteiger partial charge in [-0.2, -0.15) is 0 Å². The molecule has 0 aliphatic rings. The molecule has 0 fully saturated rings. The van der Waals surface area contributed by atoms with Crippen LogP contribution in [0.3, 0.4) is 0 Å². The van der Waals surface area contributed by atoms with Crippen LogP contribution in [0.5, 0.6) is 11.6 Å². The molecule has 0 saturated heterocycles. The predicted octanol–water partition coefficient (Wildman–Crippen LogP) is 3.42. The van der Waals surface area contributed by atoms with Gasteiger partial charge in [0, 0.05) is 23.8 Å². The first-order valence-corrected chi connectivity index (χ1v) is 6.39. The summed E-state index contributed by atoms with van der Waals surface area (Å²) in [5.74, 6) is 1.28. The van der Waals surface area contributed by atoms with Crippen molar-refractivity contribution in [2.75, 3.05) is 0 Å². The molecule has 4 nitrogen and oxygen atoms in total. The fraction of sp³-hybridized carbons (Fsp3) is 0. The highest BCUT2D eigenvalue weighted by molar-refractivity contribution is 14.1. The number of aromatic nitrogens is 3. The quantitative estimate of drug-likeness (QED) is 0.666. The molecule has 0 spiro atoms. The normalized spacial score (nSPS) is 10.5. The van der Waals surface area contributed by atoms with Gasteiger partial charge in [0.05, 0.1) is 9.09 Å². The fourth-order valence-corrected chi connectivity index (χ4v) is 2.01. The zero-order valence-electron chi connectivity index (χ0n) is 9.25. The van der Waals surface area contributed by atoms with Gasteiger partial charge in [-0.25, -0.2) is 9.97 Å². The Morgan fingerprint density at radius 3 is 2.94 bits per heavy atom. The Balaban J connectivity index is 1.98. The number of hydrogen-bond donors (Lipinski definition) is 0. The van der Waals surface area contributed by atoms with Crippen molar-refractivity contribution < 1.29 is 4.74 Å². The number of ether oxygens (including phenoxy) is 1. The molecular weight excluding hydrogens is 341 g/mol. The van der Waals surface area contributed by atoms with E-state index in [0.717, 1.165) is 20.2 Å². The molecule has 0 unspecified atom stereocenters. The minimum Gasteiger partial charge on any atom is -0.438 e. The summed E-state index contributed by atoms with van der Waals surface area (Å²) in [5.41, 5.74) is 0.902. The Kier molecular flexibility index (Phi) is 3.06. The van der Waals surface area contributed by atoms with Gasteiger partial charge in [0.2, 0.25) is 5.88 Å². The SMILES string of the molecule is Ic1cncnc1Oc1ccc2cccnc2c1. The lowest BCUT2D eigenvalue weighted by atomic mass is 10.2. The summed E-state index contributed by atoms with van der Waals surface area (Å²) in [6, 6.07) is 9.71. The molecular formula is C13H8IN3O. The van der Waals surface area contributed by atoms with E-state index >= 15 is 0 Å². The second-order valence-corrected chi connectivity index (χ2v) is 4.80. The number of hydrogen-bond acceptors (Lipinski definition) is 4. The van der Waals surface area contributed by atoms with Crippen LogP contribution < -0.4 is 4.74 Å². The van der Waals surface area contributed by atoms with Crippen LogP contribution in [0, 0.1) is 3.57 Å². The number of halogens is 1. The maximum absolute atomic E-state index is 5.72. The smallest absolute Gasteiger partial charge is 0.235 e. The van der Waals surface area contributed by atoms with Crippen molar-refractivity contribution in [2.45, 2.75) is 0 Å². The lowest BCUT2D eigenvalue weighted by Gasteiger charge is -2.06. The van der Waals surface area contributed by atoms with Crippen LogP contribution in [-0.4, -0.2) is 15.0 Å². The summed E-state index contributed by atoms with van der Waals surface area (Å²) < 4.78 is 6.59. The third kappa shape index (κ3) is 2.26. The molecule has 2 heterocycles. The van der Waals surface area contributed by atoms with E-state index in [4.69, 9.17) is 4.74 Å². The van der Waals surface area contributed by atoms with Crippen LogP contribution >= 0.6 is 22.6 Å². The van der Waals surface area contributed by atoms with Crippen LogP contribution in [0.2, 0.25) is 0 Å². The van der Waals surface area contributed by atoms with E-state index < -0.39 is 0 Å². The van der Waals surface area contributed by atoms with Gasteiger partial charge in [-0.3, -0.25) is 4.98 Å². The lowest BCUT2D eigenvalue weighted by molar-refractivity contribution is 0.458. The van der Waals surface area contributed by atoms with E-state index in [0.29, 0.717) is 5.88 Å². The van der Waals surface area contributed by atoms with E-state index in [9.17, 15) is 0 Å². The minimum absolute atomic E-state index is 0.556. The zero-order chi connectivity index (χ0) is 12.4. The average molecular weight is 349 g/mol. The molecule has 18 heavy (non-hydrogen) atoms. The molecule has 0 bridgehead atoms. The van der Waals surface area contributed by atoms with Crippen LogP contribution in [0.1, 0.15) is 0 Å². The molecule has 0 saturated carbocycles. The number of benzene rings is 1. The zero-order valence-corrected chi connectivity index (χ0v) is 11.4. The van der Waals surface area contributed by atoms with E-state index in [2.05, 4.69) is 37.5 Å². The van der Waals surface area contributed by atoms with Gasteiger partial charge in [0.25, 0.3) is 0 Å². The summed E-state index contributed by atoms with van der Waals surface area (Å²) in [4.78, 5) is 12.3. The van der Waals surface area contributed by atoms with E-state index in [1.807, 2.05) is 30.3 Å². The average Bonchev–Trinajstić information content (AvgIpc) is 2.41. The predicted molar refractivity (Wildman–Crippen MR) is 76.6 cm³/mol. The van der Waals surface area contributed by atoms with Crippen LogP contribution in [0.25, 0.3) is 10.9 Å². The Morgan fingerprint density at radius 2 is 2.06 bits per heavy atom. The summed E-state index contributed by atoms with van der Waals surface area (Å²) in [5, 5.41) is 1.09. The Bertz CT molecular complexity index is 702. The highest BCUT2D eigenvalue weighted by atomic mass is 127. The Hall–Kier alpha value is -1.76. The second kappa shape index (κ2) is 4.85. The number of nitrogens with zero attached hydrogens (tertiary/aromatic N) is 3. The highest BCUT2D eigenvalue weighted by Gasteiger charge is 2.04. The summed E-state index contributed by atoms with van der Waals surface area (Å²) in [6.45, 7) is 0. The first kappa shape index (κ1) is 11.3. The molecule has 0 aliphatic heterocycles. The van der Waals surface area contributed by atoms with Gasteiger partial charge in [0.15, 0.2) is 0 Å². The molecule has 0 aliphatic carbocycles. The van der Waals surface area contributed by atoms with E-state index in [-0.39, 0.29) is 0 Å². The van der Waals surface area contributed by atoms with Gasteiger partial charge < -0.3 is 4.74 Å². The fourth-order valence-electron chi connectivity index (χ4n) is 1.60. The van der Waals surface area contributed by atoms with E-state index in [1.165, 1.54) is 6.33 Å². The highest BCUT2D eigenvalue weighted by Crippen LogP contribution is 2.25. The van der Waals surface area contributed by atoms with Gasteiger partial charge in [-0.05, 0) is 40.8 Å². The van der Waals surface area contributed by atoms with Crippen molar-refractivity contribution in [3.8, 4) is 11.6 Å². The van der Waals surface area contributed by atoms with Crippen molar-refractivity contribution in [3.05, 3.63) is 52.6 Å². The molecule has 0 N–H and O–H groups in total. The first-order valence-electron chi connectivity index (χ1n) is 5.31. The van der Waals surface area contributed by atoms with E-state index in [1.54, 1.807) is 12.4 Å². The van der Waals surface area contributed by atoms with Crippen LogP contribution in [-0.2, 0) is 0 Å². The third-order valence-electron chi connectivity index (χ3n) is 2.43. The topological polar surface area (TPSA) is 47.9 Å². The molecule has 3 rings (SSSR count). The maximum Gasteiger partial charge on any atom is 0.235 e. The maximum atomic E-state index is 5.72. The van der Waals surface area contributed by atoms with Crippen molar-refractivity contribution in [1.29, 1.82) is 0 Å². The monoisotopic (exact) mass is 349 g/mol. The van der Waals surface area contributed by atoms with Crippen LogP contribution in [0.15, 0.2) is 49.1 Å². The van der Waals surface area contributed by atoms with Crippen molar-refractivity contribution in [1.82, 2.24) is 15.0 Å². The number of rotatable bonds is 2. The molecule has 5 heteroatoms. The first-order chi connectivity index (χ1) is 8.83. The summed E-state index contributed by atoms with van der Waals surface area (Å²) in [6.07, 6.45) is 4.94. The Morgan fingerprint density at radius 1 is 1.11 bits per heavy atom. The molecule has 2 aromatic heterocycles.